The molecule has 1 saturated heterocycles. The summed E-state index contributed by atoms with van der Waals surface area (Å²) < 4.78 is 6.14. The van der Waals surface area contributed by atoms with Crippen LogP contribution in [0.4, 0.5) is 10.5 Å². The van der Waals surface area contributed by atoms with Gasteiger partial charge < -0.3 is 10.1 Å². The Bertz CT molecular complexity index is 1690. The van der Waals surface area contributed by atoms with Gasteiger partial charge in [0.25, 0.3) is 5.24 Å². The normalized spacial score (nSPS) is 17.9. The van der Waals surface area contributed by atoms with Gasteiger partial charge in [-0.25, -0.2) is 0 Å². The molecule has 7 rings (SSSR count). The van der Waals surface area contributed by atoms with E-state index in [4.69, 9.17) is 4.74 Å². The minimum atomic E-state index is -1.11. The molecule has 0 aliphatic carbocycles. The average molecular weight is 629 g/mol. The number of anilines is 1. The Morgan fingerprint density at radius 2 is 1.24 bits per heavy atom. The number of para-hydroxylation sites is 1. The number of ether oxygens (including phenoxy) is 1. The number of imide groups is 1. The van der Waals surface area contributed by atoms with Gasteiger partial charge >= 0.3 is 0 Å². The summed E-state index contributed by atoms with van der Waals surface area (Å²) in [7, 11) is 0. The lowest BCUT2D eigenvalue weighted by molar-refractivity contribution is -0.129. The standard InChI is InChI=1S/C38H32N2O3S2/c41-36-35(24-27-20-22-31(23-21-27)43-26-32-25-39-33-18-10-11-19-34(33)44-32)45-37(42)40(36)38(28-12-4-1-5-13-28,29-14-6-2-7-15-29)30-16-8-3-9-17-30/h1-23,32,35,39H,24-26H2. The predicted molar refractivity (Wildman–Crippen MR) is 183 cm³/mol. The summed E-state index contributed by atoms with van der Waals surface area (Å²) in [6.45, 7) is 1.44. The fourth-order valence-electron chi connectivity index (χ4n) is 6.19. The molecule has 0 spiro atoms. The van der Waals surface area contributed by atoms with Crippen molar-refractivity contribution in [1.29, 1.82) is 0 Å². The number of carbonyl (C=O) groups excluding carboxylic acids is 2. The van der Waals surface area contributed by atoms with Crippen LogP contribution in [0.5, 0.6) is 5.75 Å². The first-order valence-electron chi connectivity index (χ1n) is 15.1. The maximum absolute atomic E-state index is 14.4. The fourth-order valence-corrected chi connectivity index (χ4v) is 8.34. The van der Waals surface area contributed by atoms with Gasteiger partial charge in [0.15, 0.2) is 0 Å². The molecular weight excluding hydrogens is 597 g/mol. The molecule has 2 unspecified atom stereocenters. The van der Waals surface area contributed by atoms with Gasteiger partial charge in [-0.15, -0.1) is 11.8 Å². The summed E-state index contributed by atoms with van der Waals surface area (Å²) in [6, 6.07) is 45.8. The van der Waals surface area contributed by atoms with Gasteiger partial charge in [0.2, 0.25) is 5.91 Å². The van der Waals surface area contributed by atoms with Gasteiger partial charge in [-0.3, -0.25) is 14.5 Å². The molecule has 0 aromatic heterocycles. The average Bonchev–Trinajstić information content (AvgIpc) is 3.38. The van der Waals surface area contributed by atoms with Gasteiger partial charge in [0.1, 0.15) is 17.9 Å². The van der Waals surface area contributed by atoms with E-state index in [1.165, 1.54) is 15.5 Å². The van der Waals surface area contributed by atoms with Crippen LogP contribution in [0, 0.1) is 0 Å². The van der Waals surface area contributed by atoms with E-state index < -0.39 is 10.8 Å². The van der Waals surface area contributed by atoms with E-state index in [1.54, 1.807) is 0 Å². The van der Waals surface area contributed by atoms with Crippen LogP contribution in [0.2, 0.25) is 0 Å². The van der Waals surface area contributed by atoms with E-state index in [2.05, 4.69) is 23.5 Å². The van der Waals surface area contributed by atoms with Crippen molar-refractivity contribution in [2.75, 3.05) is 18.5 Å². The second kappa shape index (κ2) is 12.9. The van der Waals surface area contributed by atoms with Crippen molar-refractivity contribution in [1.82, 2.24) is 4.90 Å². The first kappa shape index (κ1) is 29.3. The van der Waals surface area contributed by atoms with Crippen LogP contribution in [-0.2, 0) is 16.8 Å². The lowest BCUT2D eigenvalue weighted by atomic mass is 9.75. The number of fused-ring (bicyclic) bond motifs is 1. The highest BCUT2D eigenvalue weighted by Gasteiger charge is 2.53. The molecule has 5 aromatic rings. The van der Waals surface area contributed by atoms with Crippen molar-refractivity contribution < 1.29 is 14.3 Å². The zero-order valence-corrected chi connectivity index (χ0v) is 26.2. The van der Waals surface area contributed by atoms with Crippen LogP contribution >= 0.6 is 23.5 Å². The van der Waals surface area contributed by atoms with E-state index in [0.29, 0.717) is 18.3 Å². The topological polar surface area (TPSA) is 58.6 Å². The molecule has 1 fully saturated rings. The highest BCUT2D eigenvalue weighted by molar-refractivity contribution is 8.15. The Balaban J connectivity index is 1.12. The lowest BCUT2D eigenvalue weighted by Gasteiger charge is -2.42. The second-order valence-corrected chi connectivity index (χ2v) is 13.6. The predicted octanol–water partition coefficient (Wildman–Crippen LogP) is 8.25. The Labute approximate surface area is 272 Å². The maximum Gasteiger partial charge on any atom is 0.290 e. The Hall–Kier alpha value is -4.46. The second-order valence-electron chi connectivity index (χ2n) is 11.1. The molecule has 2 amide bonds. The van der Waals surface area contributed by atoms with Gasteiger partial charge in [-0.2, -0.15) is 0 Å². The third-order valence-corrected chi connectivity index (χ3v) is 10.6. The molecule has 1 N–H and O–H groups in total. The number of nitrogens with zero attached hydrogens (tertiary/aromatic N) is 1. The molecule has 5 aromatic carbocycles. The van der Waals surface area contributed by atoms with Crippen molar-refractivity contribution in [3.63, 3.8) is 0 Å². The highest BCUT2D eigenvalue weighted by atomic mass is 32.2. The number of carbonyl (C=O) groups is 2. The molecule has 2 aliphatic heterocycles. The van der Waals surface area contributed by atoms with Crippen molar-refractivity contribution >= 4 is 40.4 Å². The number of nitrogens with one attached hydrogen (secondary N) is 1. The van der Waals surface area contributed by atoms with Crippen LogP contribution in [-0.4, -0.2) is 39.7 Å². The minimum Gasteiger partial charge on any atom is -0.492 e. The van der Waals surface area contributed by atoms with Gasteiger partial charge in [0, 0.05) is 17.1 Å². The Morgan fingerprint density at radius 3 is 1.84 bits per heavy atom. The summed E-state index contributed by atoms with van der Waals surface area (Å²) >= 11 is 2.95. The number of hydrogen-bond acceptors (Lipinski definition) is 6. The number of amides is 2. The first-order chi connectivity index (χ1) is 22.1. The quantitative estimate of drug-likeness (QED) is 0.166. The van der Waals surface area contributed by atoms with Gasteiger partial charge in [-0.05, 0) is 52.9 Å². The van der Waals surface area contributed by atoms with Crippen LogP contribution in [0.25, 0.3) is 0 Å². The molecule has 0 bridgehead atoms. The van der Waals surface area contributed by atoms with Crippen molar-refractivity contribution in [2.24, 2.45) is 0 Å². The molecule has 0 radical (unpaired) electrons. The zero-order valence-electron chi connectivity index (χ0n) is 24.5. The monoisotopic (exact) mass is 628 g/mol. The summed E-state index contributed by atoms with van der Waals surface area (Å²) in [6.07, 6.45) is 0.444. The molecule has 0 saturated carbocycles. The van der Waals surface area contributed by atoms with E-state index >= 15 is 0 Å². The third-order valence-electron chi connectivity index (χ3n) is 8.31. The van der Waals surface area contributed by atoms with Crippen LogP contribution in [0.3, 0.4) is 0 Å². The SMILES string of the molecule is O=C1SC(Cc2ccc(OCC3CNc4ccccc4S3)cc2)C(=O)N1C(c1ccccc1)(c1ccccc1)c1ccccc1. The van der Waals surface area contributed by atoms with E-state index in [1.807, 2.05) is 133 Å². The van der Waals surface area contributed by atoms with E-state index in [-0.39, 0.29) is 11.1 Å². The minimum absolute atomic E-state index is 0.191. The number of rotatable bonds is 9. The third kappa shape index (κ3) is 5.74. The molecule has 45 heavy (non-hydrogen) atoms. The molecular formula is C38H32N2O3S2. The maximum atomic E-state index is 14.4. The van der Waals surface area contributed by atoms with Gasteiger partial charge in [0.05, 0.1) is 10.5 Å². The van der Waals surface area contributed by atoms with E-state index in [0.717, 1.165) is 46.3 Å². The first-order valence-corrected chi connectivity index (χ1v) is 16.8. The number of hydrogen-bond donors (Lipinski definition) is 1. The van der Waals surface area contributed by atoms with Crippen molar-refractivity contribution in [3.05, 3.63) is 162 Å². The molecule has 7 heteroatoms. The van der Waals surface area contributed by atoms with Crippen LogP contribution < -0.4 is 10.1 Å². The number of benzene rings is 5. The fraction of sp³-hybridized carbons (Fsp3) is 0.158. The highest BCUT2D eigenvalue weighted by Crippen LogP contribution is 2.48. The van der Waals surface area contributed by atoms with Crippen LogP contribution in [0.1, 0.15) is 22.3 Å². The molecule has 5 nitrogen and oxygen atoms in total. The molecule has 224 valence electrons. The van der Waals surface area contributed by atoms with E-state index in [9.17, 15) is 9.59 Å². The molecule has 2 atom stereocenters. The Morgan fingerprint density at radius 1 is 0.689 bits per heavy atom. The summed E-state index contributed by atoms with van der Waals surface area (Å²) in [5.74, 6) is 0.599. The smallest absolute Gasteiger partial charge is 0.290 e. The van der Waals surface area contributed by atoms with Gasteiger partial charge in [-0.1, -0.05) is 127 Å². The summed E-state index contributed by atoms with van der Waals surface area (Å²) in [4.78, 5) is 31.1. The zero-order chi connectivity index (χ0) is 30.6. The van der Waals surface area contributed by atoms with Crippen LogP contribution in [0.15, 0.2) is 144 Å². The summed E-state index contributed by atoms with van der Waals surface area (Å²) in [5.41, 5.74) is 3.64. The summed E-state index contributed by atoms with van der Waals surface area (Å²) in [5, 5.41) is 3.01. The lowest BCUT2D eigenvalue weighted by Crippen LogP contribution is -2.51. The largest absolute Gasteiger partial charge is 0.492 e. The van der Waals surface area contributed by atoms with Crippen molar-refractivity contribution in [2.45, 2.75) is 27.4 Å². The molecule has 2 heterocycles. The Kier molecular flexibility index (Phi) is 8.37. The number of thioether (sulfide) groups is 2. The molecule has 2 aliphatic rings. The van der Waals surface area contributed by atoms with Crippen molar-refractivity contribution in [3.8, 4) is 5.75 Å².